The summed E-state index contributed by atoms with van der Waals surface area (Å²) in [4.78, 5) is 13.2. The monoisotopic (exact) mass is 274 g/mol. The molecule has 0 aliphatic carbocycles. The first-order chi connectivity index (χ1) is 7.81. The van der Waals surface area contributed by atoms with Gasteiger partial charge in [0, 0.05) is 11.4 Å². The summed E-state index contributed by atoms with van der Waals surface area (Å²) < 4.78 is 0. The Kier molecular flexibility index (Phi) is 5.95. The highest BCUT2D eigenvalue weighted by molar-refractivity contribution is 7.10. The van der Waals surface area contributed by atoms with Crippen LogP contribution in [0.5, 0.6) is 0 Å². The molecule has 0 bridgehead atoms. The molecule has 0 spiro atoms. The van der Waals surface area contributed by atoms with Gasteiger partial charge >= 0.3 is 0 Å². The summed E-state index contributed by atoms with van der Waals surface area (Å²) in [6, 6.07) is 4.31. The first-order valence-electron chi connectivity index (χ1n) is 5.85. The van der Waals surface area contributed by atoms with E-state index in [4.69, 9.17) is 0 Å². The Hall–Kier alpha value is -0.580. The summed E-state index contributed by atoms with van der Waals surface area (Å²) in [5, 5.41) is 8.42. The predicted octanol–water partition coefficient (Wildman–Crippen LogP) is 2.35. The van der Waals surface area contributed by atoms with Crippen LogP contribution in [0.1, 0.15) is 30.7 Å². The molecular formula is C12H19ClN2OS. The zero-order valence-corrected chi connectivity index (χ0v) is 11.6. The molecule has 1 aliphatic heterocycles. The van der Waals surface area contributed by atoms with Crippen LogP contribution in [0, 0.1) is 5.92 Å². The summed E-state index contributed by atoms with van der Waals surface area (Å²) in [5.74, 6) is 0.360. The average Bonchev–Trinajstić information content (AvgIpc) is 2.96. The number of rotatable bonds is 4. The first kappa shape index (κ1) is 14.5. The molecule has 1 aromatic rings. The van der Waals surface area contributed by atoms with E-state index in [2.05, 4.69) is 29.0 Å². The summed E-state index contributed by atoms with van der Waals surface area (Å²) in [6.07, 6.45) is 1.92. The summed E-state index contributed by atoms with van der Waals surface area (Å²) in [5.41, 5.74) is 0. The highest BCUT2D eigenvalue weighted by atomic mass is 35.5. The summed E-state index contributed by atoms with van der Waals surface area (Å²) in [6.45, 7) is 3.90. The number of nitrogens with one attached hydrogen (secondary N) is 2. The molecule has 17 heavy (non-hydrogen) atoms. The number of carbonyl (C=O) groups is 1. The highest BCUT2D eigenvalue weighted by Crippen LogP contribution is 2.22. The van der Waals surface area contributed by atoms with Gasteiger partial charge in [-0.1, -0.05) is 13.0 Å². The molecule has 1 aromatic heterocycles. The molecule has 0 saturated carbocycles. The maximum absolute atomic E-state index is 12.0. The molecule has 2 unspecified atom stereocenters. The van der Waals surface area contributed by atoms with Crippen molar-refractivity contribution < 1.29 is 4.79 Å². The normalized spacial score (nSPS) is 20.6. The summed E-state index contributed by atoms with van der Waals surface area (Å²) in [7, 11) is 0. The fraction of sp³-hybridized carbons (Fsp3) is 0.583. The first-order valence-corrected chi connectivity index (χ1v) is 6.73. The maximum atomic E-state index is 12.0. The van der Waals surface area contributed by atoms with E-state index in [9.17, 15) is 4.79 Å². The SMILES string of the molecule is CCC(NC(=O)C1CCNC1)c1cccs1.Cl. The van der Waals surface area contributed by atoms with Crippen LogP contribution in [-0.2, 0) is 4.79 Å². The molecule has 2 atom stereocenters. The third-order valence-electron chi connectivity index (χ3n) is 3.04. The topological polar surface area (TPSA) is 41.1 Å². The standard InChI is InChI=1S/C12H18N2OS.ClH/c1-2-10(11-4-3-7-16-11)14-12(15)9-5-6-13-8-9;/h3-4,7,9-10,13H,2,5-6,8H2,1H3,(H,14,15);1H. The number of halogens is 1. The van der Waals surface area contributed by atoms with E-state index in [1.54, 1.807) is 11.3 Å². The molecule has 96 valence electrons. The molecule has 1 fully saturated rings. The average molecular weight is 275 g/mol. The Morgan fingerprint density at radius 1 is 1.71 bits per heavy atom. The summed E-state index contributed by atoms with van der Waals surface area (Å²) >= 11 is 1.71. The molecule has 2 N–H and O–H groups in total. The highest BCUT2D eigenvalue weighted by Gasteiger charge is 2.24. The van der Waals surface area contributed by atoms with Gasteiger partial charge in [-0.2, -0.15) is 0 Å². The molecular weight excluding hydrogens is 256 g/mol. The van der Waals surface area contributed by atoms with Gasteiger partial charge in [-0.05, 0) is 30.8 Å². The minimum atomic E-state index is 0. The third-order valence-corrected chi connectivity index (χ3v) is 4.03. The van der Waals surface area contributed by atoms with Gasteiger partial charge in [0.15, 0.2) is 0 Å². The van der Waals surface area contributed by atoms with Gasteiger partial charge in [-0.3, -0.25) is 4.79 Å². The largest absolute Gasteiger partial charge is 0.348 e. The molecule has 1 amide bonds. The van der Waals surface area contributed by atoms with E-state index in [0.29, 0.717) is 0 Å². The van der Waals surface area contributed by atoms with Gasteiger partial charge in [0.1, 0.15) is 0 Å². The smallest absolute Gasteiger partial charge is 0.224 e. The minimum Gasteiger partial charge on any atom is -0.348 e. The van der Waals surface area contributed by atoms with E-state index < -0.39 is 0 Å². The van der Waals surface area contributed by atoms with Crippen molar-refractivity contribution in [1.82, 2.24) is 10.6 Å². The second-order valence-electron chi connectivity index (χ2n) is 4.17. The Morgan fingerprint density at radius 3 is 3.06 bits per heavy atom. The molecule has 2 rings (SSSR count). The zero-order valence-electron chi connectivity index (χ0n) is 9.94. The molecule has 1 aliphatic rings. The quantitative estimate of drug-likeness (QED) is 0.885. The maximum Gasteiger partial charge on any atom is 0.224 e. The van der Waals surface area contributed by atoms with Crippen LogP contribution in [0.15, 0.2) is 17.5 Å². The minimum absolute atomic E-state index is 0. The van der Waals surface area contributed by atoms with Crippen molar-refractivity contribution in [2.45, 2.75) is 25.8 Å². The van der Waals surface area contributed by atoms with Gasteiger partial charge in [-0.25, -0.2) is 0 Å². The van der Waals surface area contributed by atoms with Crippen LogP contribution >= 0.6 is 23.7 Å². The Balaban J connectivity index is 0.00000144. The van der Waals surface area contributed by atoms with Crippen molar-refractivity contribution in [2.24, 2.45) is 5.92 Å². The van der Waals surface area contributed by atoms with Gasteiger partial charge in [0.05, 0.1) is 12.0 Å². The van der Waals surface area contributed by atoms with Crippen molar-refractivity contribution in [3.05, 3.63) is 22.4 Å². The number of carbonyl (C=O) groups excluding carboxylic acids is 1. The van der Waals surface area contributed by atoms with Crippen LogP contribution in [0.4, 0.5) is 0 Å². The van der Waals surface area contributed by atoms with E-state index >= 15 is 0 Å². The van der Waals surface area contributed by atoms with Crippen molar-refractivity contribution >= 4 is 29.7 Å². The lowest BCUT2D eigenvalue weighted by atomic mass is 10.1. The lowest BCUT2D eigenvalue weighted by Crippen LogP contribution is -2.34. The number of hydrogen-bond donors (Lipinski definition) is 2. The third kappa shape index (κ3) is 3.69. The Bertz CT molecular complexity index is 336. The van der Waals surface area contributed by atoms with Crippen LogP contribution in [0.2, 0.25) is 0 Å². The molecule has 2 heterocycles. The van der Waals surface area contributed by atoms with Gasteiger partial charge in [0.25, 0.3) is 0 Å². The number of amides is 1. The van der Waals surface area contributed by atoms with Crippen LogP contribution in [0.3, 0.4) is 0 Å². The van der Waals surface area contributed by atoms with E-state index in [1.807, 2.05) is 6.07 Å². The Labute approximate surface area is 112 Å². The van der Waals surface area contributed by atoms with E-state index in [-0.39, 0.29) is 30.3 Å². The fourth-order valence-corrected chi connectivity index (χ4v) is 2.89. The second-order valence-corrected chi connectivity index (χ2v) is 5.15. The van der Waals surface area contributed by atoms with Crippen molar-refractivity contribution in [3.63, 3.8) is 0 Å². The van der Waals surface area contributed by atoms with Gasteiger partial charge in [-0.15, -0.1) is 23.7 Å². The molecule has 5 heteroatoms. The van der Waals surface area contributed by atoms with Crippen LogP contribution in [0.25, 0.3) is 0 Å². The Morgan fingerprint density at radius 2 is 2.53 bits per heavy atom. The predicted molar refractivity (Wildman–Crippen MR) is 73.7 cm³/mol. The van der Waals surface area contributed by atoms with E-state index in [0.717, 1.165) is 25.9 Å². The van der Waals surface area contributed by atoms with Gasteiger partial charge in [0.2, 0.25) is 5.91 Å². The molecule has 0 aromatic carbocycles. The second kappa shape index (κ2) is 6.99. The van der Waals surface area contributed by atoms with Crippen LogP contribution < -0.4 is 10.6 Å². The lowest BCUT2D eigenvalue weighted by Gasteiger charge is -2.18. The van der Waals surface area contributed by atoms with Crippen molar-refractivity contribution in [1.29, 1.82) is 0 Å². The van der Waals surface area contributed by atoms with Crippen molar-refractivity contribution in [3.8, 4) is 0 Å². The number of hydrogen-bond acceptors (Lipinski definition) is 3. The molecule has 0 radical (unpaired) electrons. The fourth-order valence-electron chi connectivity index (χ4n) is 2.03. The van der Waals surface area contributed by atoms with Crippen molar-refractivity contribution in [2.75, 3.05) is 13.1 Å². The lowest BCUT2D eigenvalue weighted by molar-refractivity contribution is -0.125. The molecule has 1 saturated heterocycles. The molecule has 3 nitrogen and oxygen atoms in total. The number of thiophene rings is 1. The van der Waals surface area contributed by atoms with Gasteiger partial charge < -0.3 is 10.6 Å². The van der Waals surface area contributed by atoms with Crippen LogP contribution in [-0.4, -0.2) is 19.0 Å². The van der Waals surface area contributed by atoms with E-state index in [1.165, 1.54) is 4.88 Å². The zero-order chi connectivity index (χ0) is 11.4.